The molecule has 2 aromatic carbocycles. The van der Waals surface area contributed by atoms with Crippen molar-refractivity contribution in [2.75, 3.05) is 13.6 Å². The van der Waals surface area contributed by atoms with Gasteiger partial charge in [0.15, 0.2) is 0 Å². The van der Waals surface area contributed by atoms with E-state index in [0.29, 0.717) is 5.56 Å². The Kier molecular flexibility index (Phi) is 8.43. The van der Waals surface area contributed by atoms with Crippen LogP contribution in [0.4, 0.5) is 4.39 Å². The molecule has 1 unspecified atom stereocenters. The number of carbonyl (C=O) groups excluding carboxylic acids is 2. The van der Waals surface area contributed by atoms with Crippen molar-refractivity contribution in [1.82, 2.24) is 14.5 Å². The van der Waals surface area contributed by atoms with E-state index in [1.807, 2.05) is 6.92 Å². The maximum absolute atomic E-state index is 13.4. The molecular formula is C25H32FN3O4S. The number of rotatable bonds is 9. The summed E-state index contributed by atoms with van der Waals surface area (Å²) in [7, 11) is -2.55. The van der Waals surface area contributed by atoms with Gasteiger partial charge in [0, 0.05) is 19.6 Å². The number of carbonyl (C=O) groups is 2. The number of hydrogen-bond acceptors (Lipinski definition) is 4. The third kappa shape index (κ3) is 6.42. The van der Waals surface area contributed by atoms with Gasteiger partial charge in [-0.1, -0.05) is 42.7 Å². The van der Waals surface area contributed by atoms with Gasteiger partial charge in [-0.15, -0.1) is 0 Å². The summed E-state index contributed by atoms with van der Waals surface area (Å²) in [5, 5.41) is 3.00. The van der Waals surface area contributed by atoms with Crippen LogP contribution in [0.2, 0.25) is 0 Å². The van der Waals surface area contributed by atoms with Crippen LogP contribution in [0, 0.1) is 12.7 Å². The zero-order chi connectivity index (χ0) is 24.9. The summed E-state index contributed by atoms with van der Waals surface area (Å²) in [6, 6.07) is 11.3. The van der Waals surface area contributed by atoms with E-state index in [4.69, 9.17) is 0 Å². The second-order valence-electron chi connectivity index (χ2n) is 8.89. The van der Waals surface area contributed by atoms with E-state index in [1.54, 1.807) is 31.2 Å². The summed E-state index contributed by atoms with van der Waals surface area (Å²) in [6.45, 7) is 3.10. The molecule has 0 radical (unpaired) electrons. The van der Waals surface area contributed by atoms with Gasteiger partial charge in [-0.2, -0.15) is 4.31 Å². The van der Waals surface area contributed by atoms with E-state index in [-0.39, 0.29) is 23.4 Å². The molecule has 0 heterocycles. The fraction of sp³-hybridized carbons (Fsp3) is 0.440. The summed E-state index contributed by atoms with van der Waals surface area (Å²) >= 11 is 0. The Hall–Kier alpha value is -2.78. The summed E-state index contributed by atoms with van der Waals surface area (Å²) in [4.78, 5) is 27.7. The molecule has 34 heavy (non-hydrogen) atoms. The van der Waals surface area contributed by atoms with E-state index in [1.165, 1.54) is 36.2 Å². The quantitative estimate of drug-likeness (QED) is 0.586. The third-order valence-corrected chi connectivity index (χ3v) is 8.04. The molecule has 1 aliphatic rings. The standard InChI is InChI=1S/C25H32FN3O4S/c1-18-8-14-23(15-9-18)34(32,33)28(3)17-24(30)29(16-20-10-12-21(26)13-11-20)19(2)25(31)27-22-6-4-5-7-22/h8-15,19,22H,4-7,16-17H2,1-3H3,(H,27,31). The van der Waals surface area contributed by atoms with Crippen molar-refractivity contribution in [3.05, 3.63) is 65.5 Å². The highest BCUT2D eigenvalue weighted by Crippen LogP contribution is 2.19. The molecule has 0 spiro atoms. The number of halogens is 1. The Labute approximate surface area is 201 Å². The van der Waals surface area contributed by atoms with Crippen molar-refractivity contribution < 1.29 is 22.4 Å². The molecule has 1 atom stereocenters. The number of nitrogens with zero attached hydrogens (tertiary/aromatic N) is 2. The molecular weight excluding hydrogens is 457 g/mol. The number of benzene rings is 2. The number of amides is 2. The fourth-order valence-electron chi connectivity index (χ4n) is 4.02. The van der Waals surface area contributed by atoms with Crippen molar-refractivity contribution >= 4 is 21.8 Å². The summed E-state index contributed by atoms with van der Waals surface area (Å²) in [6.07, 6.45) is 3.92. The lowest BCUT2D eigenvalue weighted by Crippen LogP contribution is -2.52. The molecule has 2 aromatic rings. The number of likely N-dealkylation sites (N-methyl/N-ethyl adjacent to an activating group) is 1. The zero-order valence-electron chi connectivity index (χ0n) is 19.8. The first-order chi connectivity index (χ1) is 16.1. The molecule has 1 aliphatic carbocycles. The highest BCUT2D eigenvalue weighted by atomic mass is 32.2. The first-order valence-electron chi connectivity index (χ1n) is 11.4. The number of sulfonamides is 1. The van der Waals surface area contributed by atoms with E-state index in [2.05, 4.69) is 5.32 Å². The van der Waals surface area contributed by atoms with Gasteiger partial charge in [-0.25, -0.2) is 12.8 Å². The summed E-state index contributed by atoms with van der Waals surface area (Å²) in [5.74, 6) is -1.21. The summed E-state index contributed by atoms with van der Waals surface area (Å²) in [5.41, 5.74) is 1.56. The van der Waals surface area contributed by atoms with Gasteiger partial charge in [0.2, 0.25) is 21.8 Å². The van der Waals surface area contributed by atoms with Crippen molar-refractivity contribution in [1.29, 1.82) is 0 Å². The fourth-order valence-corrected chi connectivity index (χ4v) is 5.14. The van der Waals surface area contributed by atoms with Crippen LogP contribution in [0.25, 0.3) is 0 Å². The van der Waals surface area contributed by atoms with Crippen molar-refractivity contribution in [2.45, 2.75) is 63.1 Å². The maximum Gasteiger partial charge on any atom is 0.243 e. The zero-order valence-corrected chi connectivity index (χ0v) is 20.6. The molecule has 1 fully saturated rings. The minimum absolute atomic E-state index is 0.0524. The monoisotopic (exact) mass is 489 g/mol. The van der Waals surface area contributed by atoms with Crippen molar-refractivity contribution in [3.63, 3.8) is 0 Å². The number of hydrogen-bond donors (Lipinski definition) is 1. The molecule has 7 nitrogen and oxygen atoms in total. The second kappa shape index (κ2) is 11.1. The molecule has 2 amide bonds. The molecule has 9 heteroatoms. The summed E-state index contributed by atoms with van der Waals surface area (Å²) < 4.78 is 40.3. The SMILES string of the molecule is Cc1ccc(S(=O)(=O)N(C)CC(=O)N(Cc2ccc(F)cc2)C(C)C(=O)NC2CCCC2)cc1. The Balaban J connectivity index is 1.78. The van der Waals surface area contributed by atoms with Crippen LogP contribution in [-0.4, -0.2) is 55.1 Å². The Bertz CT molecular complexity index is 1100. The minimum Gasteiger partial charge on any atom is -0.352 e. The number of nitrogens with one attached hydrogen (secondary N) is 1. The maximum atomic E-state index is 13.4. The first-order valence-corrected chi connectivity index (χ1v) is 12.9. The highest BCUT2D eigenvalue weighted by Gasteiger charge is 2.31. The molecule has 0 aromatic heterocycles. The van der Waals surface area contributed by atoms with Gasteiger partial charge < -0.3 is 10.2 Å². The molecule has 0 saturated heterocycles. The third-order valence-electron chi connectivity index (χ3n) is 6.22. The molecule has 1 saturated carbocycles. The van der Waals surface area contributed by atoms with Gasteiger partial charge in [0.1, 0.15) is 11.9 Å². The smallest absolute Gasteiger partial charge is 0.243 e. The van der Waals surface area contributed by atoms with Crippen molar-refractivity contribution in [2.24, 2.45) is 0 Å². The predicted molar refractivity (Wildman–Crippen MR) is 128 cm³/mol. The lowest BCUT2D eigenvalue weighted by Gasteiger charge is -2.31. The molecule has 184 valence electrons. The van der Waals surface area contributed by atoms with Gasteiger partial charge in [0.25, 0.3) is 0 Å². The predicted octanol–water partition coefficient (Wildman–Crippen LogP) is 3.23. The molecule has 1 N–H and O–H groups in total. The van der Waals surface area contributed by atoms with Gasteiger partial charge in [-0.3, -0.25) is 9.59 Å². The van der Waals surface area contributed by atoms with Crippen LogP contribution in [-0.2, 0) is 26.2 Å². The lowest BCUT2D eigenvalue weighted by molar-refractivity contribution is -0.140. The number of aryl methyl sites for hydroxylation is 1. The first kappa shape index (κ1) is 25.8. The Morgan fingerprint density at radius 2 is 1.65 bits per heavy atom. The Morgan fingerprint density at radius 3 is 2.24 bits per heavy atom. The Morgan fingerprint density at radius 1 is 1.06 bits per heavy atom. The van der Waals surface area contributed by atoms with Gasteiger partial charge >= 0.3 is 0 Å². The van der Waals surface area contributed by atoms with Crippen LogP contribution >= 0.6 is 0 Å². The average Bonchev–Trinajstić information content (AvgIpc) is 3.31. The van der Waals surface area contributed by atoms with Crippen LogP contribution in [0.3, 0.4) is 0 Å². The second-order valence-corrected chi connectivity index (χ2v) is 10.9. The van der Waals surface area contributed by atoms with Gasteiger partial charge in [-0.05, 0) is 56.5 Å². The topological polar surface area (TPSA) is 86.8 Å². The van der Waals surface area contributed by atoms with Crippen LogP contribution < -0.4 is 5.32 Å². The van der Waals surface area contributed by atoms with Crippen molar-refractivity contribution in [3.8, 4) is 0 Å². The lowest BCUT2D eigenvalue weighted by atomic mass is 10.1. The van der Waals surface area contributed by atoms with Gasteiger partial charge in [0.05, 0.1) is 11.4 Å². The molecule has 3 rings (SSSR count). The van der Waals surface area contributed by atoms with E-state index in [9.17, 15) is 22.4 Å². The van der Waals surface area contributed by atoms with Crippen LogP contribution in [0.15, 0.2) is 53.4 Å². The molecule has 0 bridgehead atoms. The van der Waals surface area contributed by atoms with E-state index < -0.39 is 34.3 Å². The highest BCUT2D eigenvalue weighted by molar-refractivity contribution is 7.89. The normalized spacial score (nSPS) is 15.3. The van der Waals surface area contributed by atoms with E-state index in [0.717, 1.165) is 35.6 Å². The van der Waals surface area contributed by atoms with Crippen LogP contribution in [0.1, 0.15) is 43.7 Å². The minimum atomic E-state index is -3.89. The largest absolute Gasteiger partial charge is 0.352 e. The van der Waals surface area contributed by atoms with Crippen LogP contribution in [0.5, 0.6) is 0 Å². The molecule has 0 aliphatic heterocycles. The average molecular weight is 490 g/mol. The van der Waals surface area contributed by atoms with E-state index >= 15 is 0 Å².